The van der Waals surface area contributed by atoms with Crippen LogP contribution >= 0.6 is 11.8 Å². The molecule has 0 heterocycles. The first-order valence-electron chi connectivity index (χ1n) is 10.4. The van der Waals surface area contributed by atoms with Gasteiger partial charge in [0.2, 0.25) is 0 Å². The molecule has 3 rings (SSSR count). The molecule has 3 aromatic rings. The maximum Gasteiger partial charge on any atom is 0.305 e. The van der Waals surface area contributed by atoms with E-state index in [1.54, 1.807) is 17.8 Å². The van der Waals surface area contributed by atoms with Crippen LogP contribution in [0.5, 0.6) is 5.75 Å². The molecular weight excluding hydrogens is 411 g/mol. The van der Waals surface area contributed by atoms with Crippen molar-refractivity contribution in [2.75, 3.05) is 12.9 Å². The smallest absolute Gasteiger partial charge is 0.305 e. The first-order chi connectivity index (χ1) is 15.1. The van der Waals surface area contributed by atoms with Crippen LogP contribution in [-0.2, 0) is 22.6 Å². The first kappa shape index (κ1) is 22.9. The zero-order chi connectivity index (χ0) is 22.1. The molecule has 0 saturated heterocycles. The van der Waals surface area contributed by atoms with Crippen LogP contribution in [-0.4, -0.2) is 18.8 Å². The van der Waals surface area contributed by atoms with Crippen molar-refractivity contribution in [2.24, 2.45) is 0 Å². The summed E-state index contributed by atoms with van der Waals surface area (Å²) in [5.74, 6) is 0.290. The minimum Gasteiger partial charge on any atom is -0.489 e. The van der Waals surface area contributed by atoms with Gasteiger partial charge >= 0.3 is 5.97 Å². The van der Waals surface area contributed by atoms with Crippen molar-refractivity contribution >= 4 is 17.7 Å². The normalized spacial score (nSPS) is 10.7. The molecule has 0 spiro atoms. The van der Waals surface area contributed by atoms with Crippen LogP contribution < -0.4 is 4.74 Å². The summed E-state index contributed by atoms with van der Waals surface area (Å²) < 4.78 is 24.8. The third kappa shape index (κ3) is 6.86. The van der Waals surface area contributed by atoms with Gasteiger partial charge in [-0.3, -0.25) is 4.79 Å². The lowest BCUT2D eigenvalue weighted by molar-refractivity contribution is -0.143. The van der Waals surface area contributed by atoms with Gasteiger partial charge in [-0.25, -0.2) is 4.39 Å². The number of rotatable bonds is 10. The summed E-state index contributed by atoms with van der Waals surface area (Å²) in [6.07, 6.45) is 4.02. The highest BCUT2D eigenvalue weighted by molar-refractivity contribution is 7.98. The molecular formula is C26H27FO3S. The maximum absolute atomic E-state index is 13.9. The second-order valence-electron chi connectivity index (χ2n) is 7.12. The Morgan fingerprint density at radius 3 is 2.42 bits per heavy atom. The van der Waals surface area contributed by atoms with Crippen LogP contribution in [0.15, 0.2) is 71.6 Å². The van der Waals surface area contributed by atoms with Gasteiger partial charge in [0.25, 0.3) is 0 Å². The molecule has 0 aliphatic rings. The molecule has 0 bridgehead atoms. The molecule has 0 fully saturated rings. The largest absolute Gasteiger partial charge is 0.489 e. The predicted octanol–water partition coefficient (Wildman–Crippen LogP) is 6.68. The lowest BCUT2D eigenvalue weighted by Gasteiger charge is -2.13. The summed E-state index contributed by atoms with van der Waals surface area (Å²) in [6, 6.07) is 20.8. The third-order valence-corrected chi connectivity index (χ3v) is 5.68. The number of esters is 1. The van der Waals surface area contributed by atoms with E-state index in [2.05, 4.69) is 12.1 Å². The summed E-state index contributed by atoms with van der Waals surface area (Å²) in [7, 11) is 0. The van der Waals surface area contributed by atoms with Crippen LogP contribution in [0.2, 0.25) is 0 Å². The van der Waals surface area contributed by atoms with Crippen molar-refractivity contribution in [1.82, 2.24) is 0 Å². The lowest BCUT2D eigenvalue weighted by Crippen LogP contribution is -2.04. The number of ether oxygens (including phenoxy) is 2. The topological polar surface area (TPSA) is 35.5 Å². The molecule has 0 N–H and O–H groups in total. The number of hydrogen-bond donors (Lipinski definition) is 0. The number of halogens is 1. The quantitative estimate of drug-likeness (QED) is 0.261. The zero-order valence-electron chi connectivity index (χ0n) is 17.9. The number of carbonyl (C=O) groups is 1. The van der Waals surface area contributed by atoms with Crippen molar-refractivity contribution < 1.29 is 18.7 Å². The molecule has 162 valence electrons. The number of thioether (sulfide) groups is 1. The van der Waals surface area contributed by atoms with Crippen LogP contribution in [0.25, 0.3) is 11.1 Å². The summed E-state index contributed by atoms with van der Waals surface area (Å²) in [5.41, 5.74) is 3.94. The Morgan fingerprint density at radius 2 is 1.74 bits per heavy atom. The monoisotopic (exact) mass is 438 g/mol. The molecule has 31 heavy (non-hydrogen) atoms. The van der Waals surface area contributed by atoms with Crippen LogP contribution in [0, 0.1) is 5.82 Å². The SMILES string of the molecule is CCOC(=O)CCCc1ccc(OCc2cc(F)ccc2-c2ccc(SC)cc2)cc1. The number of benzene rings is 3. The van der Waals surface area contributed by atoms with E-state index in [4.69, 9.17) is 9.47 Å². The number of aryl methyl sites for hydroxylation is 1. The Labute approximate surface area is 187 Å². The van der Waals surface area contributed by atoms with Crippen LogP contribution in [0.4, 0.5) is 4.39 Å². The van der Waals surface area contributed by atoms with Gasteiger partial charge < -0.3 is 9.47 Å². The average molecular weight is 439 g/mol. The Hall–Kier alpha value is -2.79. The van der Waals surface area contributed by atoms with E-state index in [0.717, 1.165) is 40.8 Å². The second kappa shape index (κ2) is 11.6. The van der Waals surface area contributed by atoms with Gasteiger partial charge in [-0.1, -0.05) is 30.3 Å². The van der Waals surface area contributed by atoms with Gasteiger partial charge in [0.1, 0.15) is 18.2 Å². The van der Waals surface area contributed by atoms with E-state index in [1.807, 2.05) is 49.6 Å². The molecule has 3 nitrogen and oxygen atoms in total. The Kier molecular flexibility index (Phi) is 8.53. The Morgan fingerprint density at radius 1 is 1.00 bits per heavy atom. The fraction of sp³-hybridized carbons (Fsp3) is 0.269. The van der Waals surface area contributed by atoms with Crippen LogP contribution in [0.1, 0.15) is 30.9 Å². The lowest BCUT2D eigenvalue weighted by atomic mass is 10.00. The minimum absolute atomic E-state index is 0.156. The van der Waals surface area contributed by atoms with Gasteiger partial charge in [0.15, 0.2) is 0 Å². The van der Waals surface area contributed by atoms with Crippen molar-refractivity contribution in [1.29, 1.82) is 0 Å². The molecule has 0 unspecified atom stereocenters. The van der Waals surface area contributed by atoms with E-state index < -0.39 is 0 Å². The highest BCUT2D eigenvalue weighted by Gasteiger charge is 2.09. The molecule has 0 saturated carbocycles. The van der Waals surface area contributed by atoms with E-state index in [-0.39, 0.29) is 18.4 Å². The van der Waals surface area contributed by atoms with Crippen molar-refractivity contribution in [2.45, 2.75) is 37.7 Å². The standard InChI is InChI=1S/C26H27FO3S/c1-3-29-26(28)6-4-5-19-7-12-23(13-8-19)30-18-21-17-22(27)11-16-25(21)20-9-14-24(31-2)15-10-20/h7-17H,3-6,18H2,1-2H3. The summed E-state index contributed by atoms with van der Waals surface area (Å²) in [4.78, 5) is 12.6. The molecule has 3 aromatic carbocycles. The van der Waals surface area contributed by atoms with Gasteiger partial charge in [-0.15, -0.1) is 11.8 Å². The van der Waals surface area contributed by atoms with E-state index in [9.17, 15) is 9.18 Å². The van der Waals surface area contributed by atoms with Crippen LogP contribution in [0.3, 0.4) is 0 Å². The highest BCUT2D eigenvalue weighted by Crippen LogP contribution is 2.28. The third-order valence-electron chi connectivity index (χ3n) is 4.94. The molecule has 0 atom stereocenters. The van der Waals surface area contributed by atoms with Gasteiger partial charge in [-0.2, -0.15) is 0 Å². The zero-order valence-corrected chi connectivity index (χ0v) is 18.7. The van der Waals surface area contributed by atoms with Crippen molar-refractivity contribution in [3.8, 4) is 16.9 Å². The summed E-state index contributed by atoms with van der Waals surface area (Å²) in [6.45, 7) is 2.51. The number of hydrogen-bond acceptors (Lipinski definition) is 4. The Bertz CT molecular complexity index is 985. The highest BCUT2D eigenvalue weighted by atomic mass is 32.2. The Balaban J connectivity index is 1.61. The van der Waals surface area contributed by atoms with E-state index in [0.29, 0.717) is 13.0 Å². The minimum atomic E-state index is -0.278. The number of carbonyl (C=O) groups excluding carboxylic acids is 1. The fourth-order valence-corrected chi connectivity index (χ4v) is 3.73. The predicted molar refractivity (Wildman–Crippen MR) is 124 cm³/mol. The molecule has 0 aromatic heterocycles. The molecule has 5 heteroatoms. The second-order valence-corrected chi connectivity index (χ2v) is 8.00. The van der Waals surface area contributed by atoms with Gasteiger partial charge in [-0.05, 0) is 84.7 Å². The van der Waals surface area contributed by atoms with E-state index >= 15 is 0 Å². The van der Waals surface area contributed by atoms with Gasteiger partial charge in [0.05, 0.1) is 6.61 Å². The van der Waals surface area contributed by atoms with Crippen molar-refractivity contribution in [3.63, 3.8) is 0 Å². The summed E-state index contributed by atoms with van der Waals surface area (Å²) >= 11 is 1.69. The van der Waals surface area contributed by atoms with Gasteiger partial charge in [0, 0.05) is 11.3 Å². The molecule has 0 amide bonds. The molecule has 0 aliphatic carbocycles. The maximum atomic E-state index is 13.9. The average Bonchev–Trinajstić information content (AvgIpc) is 2.79. The van der Waals surface area contributed by atoms with E-state index in [1.165, 1.54) is 17.0 Å². The summed E-state index contributed by atoms with van der Waals surface area (Å²) in [5, 5.41) is 0. The first-order valence-corrected chi connectivity index (χ1v) is 11.6. The van der Waals surface area contributed by atoms with Crippen molar-refractivity contribution in [3.05, 3.63) is 83.7 Å². The molecule has 0 radical (unpaired) electrons. The fourth-order valence-electron chi connectivity index (χ4n) is 3.32. The molecule has 0 aliphatic heterocycles.